The number of rotatable bonds is 7. The Balaban J connectivity index is 2.14. The maximum Gasteiger partial charge on any atom is 0.0606 e. The highest BCUT2D eigenvalue weighted by atomic mass is 16.3. The minimum absolute atomic E-state index is 0.0144. The molecule has 0 aliphatic heterocycles. The standard InChI is InChI=1S/C17H23N3O/c1-2-16(18)17-9-8-15(12-19-17)20(10-11-21)13-14-6-4-3-5-7-14/h3-9,12,16,21H,2,10-11,13,18H2,1H3/t16-/m1/s1. The Morgan fingerprint density at radius 2 is 1.95 bits per heavy atom. The highest BCUT2D eigenvalue weighted by Gasteiger charge is 2.09. The van der Waals surface area contributed by atoms with Crippen molar-refractivity contribution in [2.24, 2.45) is 5.73 Å². The van der Waals surface area contributed by atoms with Gasteiger partial charge in [0.1, 0.15) is 0 Å². The molecule has 0 bridgehead atoms. The largest absolute Gasteiger partial charge is 0.395 e. The van der Waals surface area contributed by atoms with Crippen LogP contribution in [0.15, 0.2) is 48.7 Å². The van der Waals surface area contributed by atoms with Crippen LogP contribution < -0.4 is 10.6 Å². The molecule has 0 unspecified atom stereocenters. The van der Waals surface area contributed by atoms with Crippen LogP contribution in [0.3, 0.4) is 0 Å². The summed E-state index contributed by atoms with van der Waals surface area (Å²) in [6.45, 7) is 3.49. The van der Waals surface area contributed by atoms with Crippen LogP contribution in [0.2, 0.25) is 0 Å². The van der Waals surface area contributed by atoms with Crippen molar-refractivity contribution in [3.05, 3.63) is 59.9 Å². The van der Waals surface area contributed by atoms with Crippen molar-refractivity contribution in [3.63, 3.8) is 0 Å². The Morgan fingerprint density at radius 1 is 1.19 bits per heavy atom. The molecule has 1 atom stereocenters. The van der Waals surface area contributed by atoms with Gasteiger partial charge in [-0.05, 0) is 24.1 Å². The van der Waals surface area contributed by atoms with Gasteiger partial charge in [0, 0.05) is 19.1 Å². The molecule has 4 heteroatoms. The third-order valence-corrected chi connectivity index (χ3v) is 3.54. The van der Waals surface area contributed by atoms with Crippen molar-refractivity contribution in [2.75, 3.05) is 18.1 Å². The van der Waals surface area contributed by atoms with E-state index in [2.05, 4.69) is 22.0 Å². The average Bonchev–Trinajstić information content (AvgIpc) is 2.55. The molecule has 0 saturated carbocycles. The van der Waals surface area contributed by atoms with Crippen molar-refractivity contribution in [3.8, 4) is 0 Å². The average molecular weight is 285 g/mol. The van der Waals surface area contributed by atoms with Gasteiger partial charge in [0.05, 0.1) is 24.2 Å². The molecule has 0 fully saturated rings. The van der Waals surface area contributed by atoms with Crippen LogP contribution in [-0.2, 0) is 6.54 Å². The highest BCUT2D eigenvalue weighted by Crippen LogP contribution is 2.19. The molecule has 2 rings (SSSR count). The first-order valence-corrected chi connectivity index (χ1v) is 7.36. The van der Waals surface area contributed by atoms with Gasteiger partial charge >= 0.3 is 0 Å². The molecule has 0 aliphatic carbocycles. The van der Waals surface area contributed by atoms with Gasteiger partial charge in [-0.1, -0.05) is 37.3 Å². The van der Waals surface area contributed by atoms with Crippen molar-refractivity contribution in [2.45, 2.75) is 25.9 Å². The molecule has 0 amide bonds. The number of nitrogens with zero attached hydrogens (tertiary/aromatic N) is 2. The molecule has 1 heterocycles. The summed E-state index contributed by atoms with van der Waals surface area (Å²) in [5, 5.41) is 9.27. The molecule has 0 radical (unpaired) electrons. The Morgan fingerprint density at radius 3 is 2.52 bits per heavy atom. The number of hydrogen-bond acceptors (Lipinski definition) is 4. The van der Waals surface area contributed by atoms with E-state index >= 15 is 0 Å². The minimum atomic E-state index is -0.0144. The predicted molar refractivity (Wildman–Crippen MR) is 86.0 cm³/mol. The number of aliphatic hydroxyl groups is 1. The molecular formula is C17H23N3O. The Bertz CT molecular complexity index is 527. The zero-order valence-electron chi connectivity index (χ0n) is 12.4. The van der Waals surface area contributed by atoms with Crippen LogP contribution in [0.4, 0.5) is 5.69 Å². The second kappa shape index (κ2) is 7.76. The van der Waals surface area contributed by atoms with Gasteiger partial charge in [0.2, 0.25) is 0 Å². The Hall–Kier alpha value is -1.91. The van der Waals surface area contributed by atoms with Crippen molar-refractivity contribution in [1.82, 2.24) is 4.98 Å². The summed E-state index contributed by atoms with van der Waals surface area (Å²) in [6, 6.07) is 14.2. The van der Waals surface area contributed by atoms with Gasteiger partial charge < -0.3 is 15.7 Å². The van der Waals surface area contributed by atoms with E-state index in [0.29, 0.717) is 6.54 Å². The van der Waals surface area contributed by atoms with Gasteiger partial charge in [-0.3, -0.25) is 4.98 Å². The van der Waals surface area contributed by atoms with Crippen molar-refractivity contribution in [1.29, 1.82) is 0 Å². The number of nitrogens with two attached hydrogens (primary N) is 1. The lowest BCUT2D eigenvalue weighted by molar-refractivity contribution is 0.301. The number of anilines is 1. The van der Waals surface area contributed by atoms with Gasteiger partial charge in [-0.15, -0.1) is 0 Å². The molecule has 3 N–H and O–H groups in total. The lowest BCUT2D eigenvalue weighted by Crippen LogP contribution is -2.26. The van der Waals surface area contributed by atoms with Gasteiger partial charge in [0.25, 0.3) is 0 Å². The number of pyridine rings is 1. The molecular weight excluding hydrogens is 262 g/mol. The molecule has 21 heavy (non-hydrogen) atoms. The lowest BCUT2D eigenvalue weighted by Gasteiger charge is -2.24. The number of aromatic nitrogens is 1. The first-order chi connectivity index (χ1) is 10.2. The molecule has 2 aromatic rings. The summed E-state index contributed by atoms with van der Waals surface area (Å²) < 4.78 is 0. The monoisotopic (exact) mass is 285 g/mol. The third kappa shape index (κ3) is 4.28. The van der Waals surface area contributed by atoms with E-state index < -0.39 is 0 Å². The SMILES string of the molecule is CC[C@@H](N)c1ccc(N(CCO)Cc2ccccc2)cn1. The fourth-order valence-corrected chi connectivity index (χ4v) is 2.24. The Kier molecular flexibility index (Phi) is 5.72. The fourth-order valence-electron chi connectivity index (χ4n) is 2.24. The molecule has 4 nitrogen and oxygen atoms in total. The minimum Gasteiger partial charge on any atom is -0.395 e. The van der Waals surface area contributed by atoms with Gasteiger partial charge in [-0.25, -0.2) is 0 Å². The predicted octanol–water partition coefficient (Wildman–Crippen LogP) is 2.49. The van der Waals surface area contributed by atoms with E-state index in [1.54, 1.807) is 0 Å². The highest BCUT2D eigenvalue weighted by molar-refractivity contribution is 5.45. The van der Waals surface area contributed by atoms with E-state index in [1.807, 2.05) is 43.5 Å². The summed E-state index contributed by atoms with van der Waals surface area (Å²) in [6.07, 6.45) is 2.71. The summed E-state index contributed by atoms with van der Waals surface area (Å²) in [5.41, 5.74) is 9.10. The maximum atomic E-state index is 9.27. The summed E-state index contributed by atoms with van der Waals surface area (Å²) in [5.74, 6) is 0. The number of aliphatic hydroxyl groups excluding tert-OH is 1. The van der Waals surface area contributed by atoms with Crippen molar-refractivity contribution < 1.29 is 5.11 Å². The normalized spacial score (nSPS) is 12.1. The summed E-state index contributed by atoms with van der Waals surface area (Å²) in [7, 11) is 0. The van der Waals surface area contributed by atoms with E-state index in [4.69, 9.17) is 5.73 Å². The molecule has 1 aromatic carbocycles. The first-order valence-electron chi connectivity index (χ1n) is 7.36. The molecule has 0 saturated heterocycles. The summed E-state index contributed by atoms with van der Waals surface area (Å²) in [4.78, 5) is 6.56. The van der Waals surface area contributed by atoms with Crippen LogP contribution in [0.5, 0.6) is 0 Å². The maximum absolute atomic E-state index is 9.27. The van der Waals surface area contributed by atoms with E-state index in [-0.39, 0.29) is 12.6 Å². The second-order valence-corrected chi connectivity index (χ2v) is 5.09. The van der Waals surface area contributed by atoms with Crippen LogP contribution in [-0.4, -0.2) is 23.2 Å². The quantitative estimate of drug-likeness (QED) is 0.820. The van der Waals surface area contributed by atoms with E-state index in [1.165, 1.54) is 5.56 Å². The van der Waals surface area contributed by atoms with Crippen LogP contribution in [0, 0.1) is 0 Å². The van der Waals surface area contributed by atoms with Crippen LogP contribution in [0.25, 0.3) is 0 Å². The number of benzene rings is 1. The van der Waals surface area contributed by atoms with E-state index in [9.17, 15) is 5.11 Å². The smallest absolute Gasteiger partial charge is 0.0606 e. The van der Waals surface area contributed by atoms with Gasteiger partial charge in [-0.2, -0.15) is 0 Å². The third-order valence-electron chi connectivity index (χ3n) is 3.54. The Labute approximate surface area is 126 Å². The first kappa shape index (κ1) is 15.5. The van der Waals surface area contributed by atoms with Crippen LogP contribution in [0.1, 0.15) is 30.6 Å². The zero-order valence-corrected chi connectivity index (χ0v) is 12.4. The molecule has 112 valence electrons. The van der Waals surface area contributed by atoms with Crippen LogP contribution >= 0.6 is 0 Å². The number of hydrogen-bond donors (Lipinski definition) is 2. The topological polar surface area (TPSA) is 62.4 Å². The lowest BCUT2D eigenvalue weighted by atomic mass is 10.1. The molecule has 1 aromatic heterocycles. The second-order valence-electron chi connectivity index (χ2n) is 5.09. The van der Waals surface area contributed by atoms with Gasteiger partial charge in [0.15, 0.2) is 0 Å². The zero-order chi connectivity index (χ0) is 15.1. The van der Waals surface area contributed by atoms with E-state index in [0.717, 1.165) is 24.3 Å². The fraction of sp³-hybridized carbons (Fsp3) is 0.353. The molecule has 0 aliphatic rings. The molecule has 0 spiro atoms. The van der Waals surface area contributed by atoms with Crippen molar-refractivity contribution >= 4 is 5.69 Å². The summed E-state index contributed by atoms with van der Waals surface area (Å²) >= 11 is 0.